The van der Waals surface area contributed by atoms with Gasteiger partial charge in [-0.2, -0.15) is 0 Å². The van der Waals surface area contributed by atoms with Crippen LogP contribution in [0.5, 0.6) is 0 Å². The second-order valence-electron chi connectivity index (χ2n) is 5.10. The van der Waals surface area contributed by atoms with Gasteiger partial charge in [0.1, 0.15) is 0 Å². The Morgan fingerprint density at radius 1 is 1.24 bits per heavy atom. The molecule has 0 aliphatic heterocycles. The van der Waals surface area contributed by atoms with Gasteiger partial charge in [-0.05, 0) is 12.8 Å². The highest BCUT2D eigenvalue weighted by molar-refractivity contribution is 5.78. The summed E-state index contributed by atoms with van der Waals surface area (Å²) in [4.78, 5) is 11.9. The topological polar surface area (TPSA) is 55.1 Å². The second kappa shape index (κ2) is 7.62. The zero-order valence-corrected chi connectivity index (χ0v) is 12.6. The summed E-state index contributed by atoms with van der Waals surface area (Å²) >= 11 is 0. The van der Waals surface area contributed by atoms with Gasteiger partial charge in [0.2, 0.25) is 5.91 Å². The summed E-state index contributed by atoms with van der Waals surface area (Å²) in [6, 6.07) is 11.8. The average molecular weight is 286 g/mol. The van der Waals surface area contributed by atoms with Crippen LogP contribution in [0.15, 0.2) is 40.9 Å². The molecule has 4 heteroatoms. The van der Waals surface area contributed by atoms with Crippen molar-refractivity contribution in [2.45, 2.75) is 33.1 Å². The number of nitrogens with zero attached hydrogens (tertiary/aromatic N) is 1. The highest BCUT2D eigenvalue weighted by Gasteiger charge is 2.13. The van der Waals surface area contributed by atoms with Crippen molar-refractivity contribution in [1.82, 2.24) is 10.5 Å². The summed E-state index contributed by atoms with van der Waals surface area (Å²) in [7, 11) is 0. The number of nitrogens with one attached hydrogen (secondary N) is 1. The lowest BCUT2D eigenvalue weighted by atomic mass is 10.0. The Kier molecular flexibility index (Phi) is 5.55. The van der Waals surface area contributed by atoms with Gasteiger partial charge >= 0.3 is 0 Å². The summed E-state index contributed by atoms with van der Waals surface area (Å²) < 4.78 is 5.34. The van der Waals surface area contributed by atoms with E-state index >= 15 is 0 Å². The molecule has 0 aliphatic rings. The maximum atomic E-state index is 11.9. The number of rotatable bonds is 7. The van der Waals surface area contributed by atoms with Crippen molar-refractivity contribution in [3.05, 3.63) is 42.1 Å². The largest absolute Gasteiger partial charge is 0.356 e. The van der Waals surface area contributed by atoms with E-state index in [4.69, 9.17) is 4.52 Å². The van der Waals surface area contributed by atoms with Gasteiger partial charge in [0.25, 0.3) is 0 Å². The number of hydrogen-bond acceptors (Lipinski definition) is 3. The smallest absolute Gasteiger partial charge is 0.223 e. The van der Waals surface area contributed by atoms with Gasteiger partial charge in [-0.1, -0.05) is 49.3 Å². The van der Waals surface area contributed by atoms with E-state index in [2.05, 4.69) is 10.5 Å². The fraction of sp³-hybridized carbons (Fsp3) is 0.412. The van der Waals surface area contributed by atoms with Crippen LogP contribution in [0.3, 0.4) is 0 Å². The van der Waals surface area contributed by atoms with E-state index in [1.54, 1.807) is 0 Å². The van der Waals surface area contributed by atoms with Crippen molar-refractivity contribution in [3.63, 3.8) is 0 Å². The molecule has 0 saturated heterocycles. The molecular weight excluding hydrogens is 264 g/mol. The third-order valence-corrected chi connectivity index (χ3v) is 3.65. The molecule has 1 heterocycles. The fourth-order valence-electron chi connectivity index (χ4n) is 2.29. The molecule has 0 aliphatic carbocycles. The van der Waals surface area contributed by atoms with Crippen LogP contribution in [0.25, 0.3) is 11.3 Å². The average Bonchev–Trinajstić information content (AvgIpc) is 2.98. The maximum Gasteiger partial charge on any atom is 0.223 e. The van der Waals surface area contributed by atoms with E-state index in [-0.39, 0.29) is 11.8 Å². The lowest BCUT2D eigenvalue weighted by molar-refractivity contribution is -0.125. The summed E-state index contributed by atoms with van der Waals surface area (Å²) in [5.41, 5.74) is 1.87. The van der Waals surface area contributed by atoms with Crippen LogP contribution in [-0.4, -0.2) is 17.6 Å². The van der Waals surface area contributed by atoms with E-state index < -0.39 is 0 Å². The van der Waals surface area contributed by atoms with Crippen molar-refractivity contribution in [3.8, 4) is 11.3 Å². The molecule has 0 atom stereocenters. The SMILES string of the molecule is CCC(CC)C(=O)NCCc1cc(-c2ccccc2)on1. The number of hydrogen-bond donors (Lipinski definition) is 1. The highest BCUT2D eigenvalue weighted by Crippen LogP contribution is 2.19. The standard InChI is InChI=1S/C17H22N2O2/c1-3-13(4-2)17(20)18-11-10-15-12-16(21-19-15)14-8-6-5-7-9-14/h5-9,12-13H,3-4,10-11H2,1-2H3,(H,18,20). The molecule has 4 nitrogen and oxygen atoms in total. The van der Waals surface area contributed by atoms with Crippen LogP contribution in [0.2, 0.25) is 0 Å². The van der Waals surface area contributed by atoms with Crippen molar-refractivity contribution < 1.29 is 9.32 Å². The van der Waals surface area contributed by atoms with Crippen LogP contribution in [-0.2, 0) is 11.2 Å². The first-order chi connectivity index (χ1) is 10.2. The van der Waals surface area contributed by atoms with Crippen LogP contribution in [0.1, 0.15) is 32.4 Å². The van der Waals surface area contributed by atoms with Crippen molar-refractivity contribution in [2.75, 3.05) is 6.54 Å². The summed E-state index contributed by atoms with van der Waals surface area (Å²) in [5, 5.41) is 7.01. The molecule has 0 saturated carbocycles. The molecule has 0 unspecified atom stereocenters. The first-order valence-corrected chi connectivity index (χ1v) is 7.53. The lowest BCUT2D eigenvalue weighted by Gasteiger charge is -2.11. The first kappa shape index (κ1) is 15.3. The Morgan fingerprint density at radius 2 is 1.95 bits per heavy atom. The molecule has 0 fully saturated rings. The van der Waals surface area contributed by atoms with Gasteiger partial charge in [-0.3, -0.25) is 4.79 Å². The van der Waals surface area contributed by atoms with E-state index in [0.29, 0.717) is 13.0 Å². The number of carbonyl (C=O) groups excluding carboxylic acids is 1. The Hall–Kier alpha value is -2.10. The zero-order chi connectivity index (χ0) is 15.1. The predicted molar refractivity (Wildman–Crippen MR) is 82.7 cm³/mol. The Labute approximate surface area is 125 Å². The van der Waals surface area contributed by atoms with Crippen LogP contribution in [0, 0.1) is 5.92 Å². The van der Waals surface area contributed by atoms with Crippen molar-refractivity contribution in [2.24, 2.45) is 5.92 Å². The highest BCUT2D eigenvalue weighted by atomic mass is 16.5. The molecule has 0 spiro atoms. The van der Waals surface area contributed by atoms with Gasteiger partial charge < -0.3 is 9.84 Å². The van der Waals surface area contributed by atoms with Crippen molar-refractivity contribution in [1.29, 1.82) is 0 Å². The van der Waals surface area contributed by atoms with E-state index in [9.17, 15) is 4.79 Å². The maximum absolute atomic E-state index is 11.9. The third kappa shape index (κ3) is 4.18. The molecule has 0 bridgehead atoms. The molecule has 21 heavy (non-hydrogen) atoms. The van der Waals surface area contributed by atoms with Gasteiger partial charge in [0, 0.05) is 30.5 Å². The van der Waals surface area contributed by atoms with Crippen molar-refractivity contribution >= 4 is 5.91 Å². The summed E-state index contributed by atoms with van der Waals surface area (Å²) in [6.45, 7) is 4.67. The molecule has 1 amide bonds. The molecule has 0 radical (unpaired) electrons. The van der Waals surface area contributed by atoms with E-state index in [1.165, 1.54) is 0 Å². The minimum atomic E-state index is 0.113. The van der Waals surface area contributed by atoms with E-state index in [0.717, 1.165) is 29.9 Å². The monoisotopic (exact) mass is 286 g/mol. The molecule has 112 valence electrons. The minimum absolute atomic E-state index is 0.113. The third-order valence-electron chi connectivity index (χ3n) is 3.65. The number of carbonyl (C=O) groups is 1. The van der Waals surface area contributed by atoms with Crippen LogP contribution < -0.4 is 5.32 Å². The Morgan fingerprint density at radius 3 is 2.62 bits per heavy atom. The second-order valence-corrected chi connectivity index (χ2v) is 5.10. The molecule has 1 aromatic heterocycles. The zero-order valence-electron chi connectivity index (χ0n) is 12.6. The molecular formula is C17H22N2O2. The quantitative estimate of drug-likeness (QED) is 0.848. The van der Waals surface area contributed by atoms with Gasteiger partial charge in [0.05, 0.1) is 5.69 Å². The van der Waals surface area contributed by atoms with Gasteiger partial charge in [0.15, 0.2) is 5.76 Å². The Bertz CT molecular complexity index is 559. The number of benzene rings is 1. The lowest BCUT2D eigenvalue weighted by Crippen LogP contribution is -2.31. The minimum Gasteiger partial charge on any atom is -0.356 e. The molecule has 2 aromatic rings. The number of amides is 1. The molecule has 1 N–H and O–H groups in total. The Balaban J connectivity index is 1.85. The van der Waals surface area contributed by atoms with Crippen LogP contribution >= 0.6 is 0 Å². The first-order valence-electron chi connectivity index (χ1n) is 7.53. The van der Waals surface area contributed by atoms with Gasteiger partial charge in [-0.15, -0.1) is 0 Å². The summed E-state index contributed by atoms with van der Waals surface area (Å²) in [5.74, 6) is 1.01. The predicted octanol–water partition coefficient (Wildman–Crippen LogP) is 3.44. The molecule has 2 rings (SSSR count). The van der Waals surface area contributed by atoms with Gasteiger partial charge in [-0.25, -0.2) is 0 Å². The molecule has 1 aromatic carbocycles. The normalized spacial score (nSPS) is 10.8. The van der Waals surface area contributed by atoms with Crippen LogP contribution in [0.4, 0.5) is 0 Å². The van der Waals surface area contributed by atoms with E-state index in [1.807, 2.05) is 50.2 Å². The summed E-state index contributed by atoms with van der Waals surface area (Å²) in [6.07, 6.45) is 2.44. The number of aromatic nitrogens is 1. The fourth-order valence-corrected chi connectivity index (χ4v) is 2.29.